The molecule has 2 fully saturated rings. The molecule has 0 aromatic carbocycles. The molecule has 2 atom stereocenters. The Morgan fingerprint density at radius 1 is 1.12 bits per heavy atom. The van der Waals surface area contributed by atoms with Gasteiger partial charge in [0.05, 0.1) is 0 Å². The maximum atomic E-state index is 12.5. The van der Waals surface area contributed by atoms with Crippen LogP contribution in [-0.4, -0.2) is 58.7 Å². The van der Waals surface area contributed by atoms with Crippen molar-refractivity contribution in [3.8, 4) is 0 Å². The highest BCUT2D eigenvalue weighted by molar-refractivity contribution is 6.45. The van der Waals surface area contributed by atoms with E-state index < -0.39 is 36.3 Å². The minimum Gasteiger partial charge on any atom is -0.338 e. The first kappa shape index (κ1) is 18.9. The average Bonchev–Trinajstić information content (AvgIpc) is 2.77. The summed E-state index contributed by atoms with van der Waals surface area (Å²) in [6.45, 7) is 3.55. The molecule has 1 saturated carbocycles. The van der Waals surface area contributed by atoms with E-state index in [0.29, 0.717) is 24.3 Å². The van der Waals surface area contributed by atoms with E-state index in [9.17, 15) is 24.0 Å². The summed E-state index contributed by atoms with van der Waals surface area (Å²) in [6, 6.07) is -1.80. The first-order valence-electron chi connectivity index (χ1n) is 8.63. The molecule has 2 rings (SSSR count). The van der Waals surface area contributed by atoms with E-state index in [1.54, 1.807) is 0 Å². The second-order valence-corrected chi connectivity index (χ2v) is 6.48. The van der Waals surface area contributed by atoms with Gasteiger partial charge in [0.2, 0.25) is 5.91 Å². The molecule has 2 N–H and O–H groups in total. The van der Waals surface area contributed by atoms with Gasteiger partial charge in [0.15, 0.2) is 0 Å². The number of nitrogens with one attached hydrogen (secondary N) is 2. The van der Waals surface area contributed by atoms with Crippen LogP contribution in [0.15, 0.2) is 0 Å². The lowest BCUT2D eigenvalue weighted by Gasteiger charge is -2.34. The molecular formula is C16H24N4O5. The topological polar surface area (TPSA) is 116 Å². The molecule has 0 bridgehead atoms. The van der Waals surface area contributed by atoms with Gasteiger partial charge in [0.1, 0.15) is 6.54 Å². The van der Waals surface area contributed by atoms with Crippen molar-refractivity contribution in [1.29, 1.82) is 0 Å². The van der Waals surface area contributed by atoms with Gasteiger partial charge >= 0.3 is 23.9 Å². The minimum absolute atomic E-state index is 0.114. The Hall–Kier alpha value is -2.45. The van der Waals surface area contributed by atoms with Crippen LogP contribution in [0.5, 0.6) is 0 Å². The standard InChI is InChI=1S/C16H24N4O5/c1-3-8-17-15(24)18-12(21)9-19-13(22)14(23)20(16(19)25)11-7-5-4-6-10(11)2/h10-11H,3-9H2,1-2H3,(H2,17,18,21,24)/t10-,11-/m1/s1. The Labute approximate surface area is 146 Å². The van der Waals surface area contributed by atoms with Crippen LogP contribution >= 0.6 is 0 Å². The Morgan fingerprint density at radius 3 is 2.44 bits per heavy atom. The van der Waals surface area contributed by atoms with Crippen LogP contribution in [0.25, 0.3) is 0 Å². The summed E-state index contributed by atoms with van der Waals surface area (Å²) in [6.07, 6.45) is 4.16. The molecule has 9 heteroatoms. The van der Waals surface area contributed by atoms with E-state index in [0.717, 1.165) is 24.2 Å². The summed E-state index contributed by atoms with van der Waals surface area (Å²) in [5.74, 6) is -2.62. The number of hydrogen-bond acceptors (Lipinski definition) is 5. The fourth-order valence-electron chi connectivity index (χ4n) is 3.23. The van der Waals surface area contributed by atoms with Crippen LogP contribution in [0, 0.1) is 5.92 Å². The number of nitrogens with zero attached hydrogens (tertiary/aromatic N) is 2. The van der Waals surface area contributed by atoms with Crippen LogP contribution < -0.4 is 10.6 Å². The lowest BCUT2D eigenvalue weighted by molar-refractivity contribution is -0.145. The Balaban J connectivity index is 2.01. The fourth-order valence-corrected chi connectivity index (χ4v) is 3.23. The summed E-state index contributed by atoms with van der Waals surface area (Å²) in [7, 11) is 0. The van der Waals surface area contributed by atoms with Crippen LogP contribution in [-0.2, 0) is 14.4 Å². The number of rotatable bonds is 5. The molecule has 0 aromatic rings. The van der Waals surface area contributed by atoms with Crippen LogP contribution in [0.4, 0.5) is 9.59 Å². The van der Waals surface area contributed by atoms with Gasteiger partial charge in [-0.1, -0.05) is 26.7 Å². The number of amides is 7. The maximum Gasteiger partial charge on any atom is 0.334 e. The number of carbonyl (C=O) groups is 5. The molecule has 0 unspecified atom stereocenters. The van der Waals surface area contributed by atoms with Crippen molar-refractivity contribution < 1.29 is 24.0 Å². The molecule has 2 aliphatic rings. The Bertz CT molecular complexity index is 591. The highest BCUT2D eigenvalue weighted by atomic mass is 16.2. The molecule has 1 heterocycles. The lowest BCUT2D eigenvalue weighted by atomic mass is 9.85. The van der Waals surface area contributed by atoms with Crippen molar-refractivity contribution in [3.05, 3.63) is 0 Å². The molecule has 1 saturated heterocycles. The first-order valence-corrected chi connectivity index (χ1v) is 8.63. The molecule has 0 spiro atoms. The van der Waals surface area contributed by atoms with Gasteiger partial charge in [0.25, 0.3) is 0 Å². The Morgan fingerprint density at radius 2 is 1.80 bits per heavy atom. The van der Waals surface area contributed by atoms with E-state index in [2.05, 4.69) is 5.32 Å². The summed E-state index contributed by atoms with van der Waals surface area (Å²) >= 11 is 0. The zero-order valence-corrected chi connectivity index (χ0v) is 14.5. The van der Waals surface area contributed by atoms with Crippen molar-refractivity contribution in [1.82, 2.24) is 20.4 Å². The monoisotopic (exact) mass is 352 g/mol. The SMILES string of the molecule is CCCNC(=O)NC(=O)CN1C(=O)C(=O)N([C@@H]2CCCC[C@H]2C)C1=O. The first-order chi connectivity index (χ1) is 11.9. The normalized spacial score (nSPS) is 23.8. The van der Waals surface area contributed by atoms with Gasteiger partial charge < -0.3 is 5.32 Å². The van der Waals surface area contributed by atoms with Crippen molar-refractivity contribution in [2.24, 2.45) is 5.92 Å². The van der Waals surface area contributed by atoms with Crippen molar-refractivity contribution in [2.75, 3.05) is 13.1 Å². The molecule has 25 heavy (non-hydrogen) atoms. The van der Waals surface area contributed by atoms with Crippen LogP contribution in [0.3, 0.4) is 0 Å². The maximum absolute atomic E-state index is 12.5. The van der Waals surface area contributed by atoms with Gasteiger partial charge in [0, 0.05) is 12.6 Å². The summed E-state index contributed by atoms with van der Waals surface area (Å²) in [5, 5.41) is 4.48. The molecule has 9 nitrogen and oxygen atoms in total. The third-order valence-corrected chi connectivity index (χ3v) is 4.57. The third-order valence-electron chi connectivity index (χ3n) is 4.57. The highest BCUT2D eigenvalue weighted by Crippen LogP contribution is 2.31. The third kappa shape index (κ3) is 4.15. The summed E-state index contributed by atoms with van der Waals surface area (Å²) in [4.78, 5) is 61.7. The molecule has 138 valence electrons. The number of urea groups is 2. The number of hydrogen-bond donors (Lipinski definition) is 2. The molecule has 0 radical (unpaired) electrons. The van der Waals surface area contributed by atoms with E-state index in [4.69, 9.17) is 0 Å². The van der Waals surface area contributed by atoms with Gasteiger partial charge in [-0.25, -0.2) is 14.5 Å². The summed E-state index contributed by atoms with van der Waals surface area (Å²) in [5.41, 5.74) is 0. The highest BCUT2D eigenvalue weighted by Gasteiger charge is 2.49. The smallest absolute Gasteiger partial charge is 0.334 e. The summed E-state index contributed by atoms with van der Waals surface area (Å²) < 4.78 is 0. The molecule has 0 aromatic heterocycles. The molecule has 1 aliphatic carbocycles. The zero-order valence-electron chi connectivity index (χ0n) is 14.5. The quantitative estimate of drug-likeness (QED) is 0.555. The number of imide groups is 3. The van der Waals surface area contributed by atoms with E-state index in [1.807, 2.05) is 19.2 Å². The number of carbonyl (C=O) groups excluding carboxylic acids is 5. The fraction of sp³-hybridized carbons (Fsp3) is 0.688. The second kappa shape index (κ2) is 8.09. The Kier molecular flexibility index (Phi) is 6.11. The molecule has 7 amide bonds. The average molecular weight is 352 g/mol. The molecular weight excluding hydrogens is 328 g/mol. The predicted molar refractivity (Wildman–Crippen MR) is 87.2 cm³/mol. The van der Waals surface area contributed by atoms with E-state index >= 15 is 0 Å². The van der Waals surface area contributed by atoms with Crippen molar-refractivity contribution in [3.63, 3.8) is 0 Å². The van der Waals surface area contributed by atoms with Gasteiger partial charge in [-0.3, -0.25) is 24.6 Å². The largest absolute Gasteiger partial charge is 0.338 e. The minimum atomic E-state index is -1.02. The zero-order chi connectivity index (χ0) is 18.6. The lowest BCUT2D eigenvalue weighted by Crippen LogP contribution is -2.48. The molecule has 1 aliphatic heterocycles. The van der Waals surface area contributed by atoms with Crippen molar-refractivity contribution in [2.45, 2.75) is 52.0 Å². The van der Waals surface area contributed by atoms with E-state index in [-0.39, 0.29) is 12.0 Å². The predicted octanol–water partition coefficient (Wildman–Crippen LogP) is 0.592. The van der Waals surface area contributed by atoms with Gasteiger partial charge in [-0.15, -0.1) is 0 Å². The van der Waals surface area contributed by atoms with E-state index in [1.165, 1.54) is 0 Å². The second-order valence-electron chi connectivity index (χ2n) is 6.48. The van der Waals surface area contributed by atoms with Gasteiger partial charge in [-0.2, -0.15) is 0 Å². The van der Waals surface area contributed by atoms with Crippen LogP contribution in [0.1, 0.15) is 46.0 Å². The van der Waals surface area contributed by atoms with Crippen molar-refractivity contribution >= 4 is 29.8 Å². The van der Waals surface area contributed by atoms with Gasteiger partial charge in [-0.05, 0) is 25.2 Å². The van der Waals surface area contributed by atoms with Crippen LogP contribution in [0.2, 0.25) is 0 Å².